The van der Waals surface area contributed by atoms with Crippen molar-refractivity contribution >= 4 is 23.5 Å². The van der Waals surface area contributed by atoms with Crippen LogP contribution in [0.2, 0.25) is 0 Å². The van der Waals surface area contributed by atoms with Crippen LogP contribution < -0.4 is 10.2 Å². The molecule has 2 aromatic rings. The summed E-state index contributed by atoms with van der Waals surface area (Å²) in [4.78, 5) is 11.6. The van der Waals surface area contributed by atoms with E-state index in [1.807, 2.05) is 25.1 Å². The highest BCUT2D eigenvalue weighted by atomic mass is 32.2. The predicted octanol–water partition coefficient (Wildman–Crippen LogP) is 3.28. The lowest BCUT2D eigenvalue weighted by molar-refractivity contribution is 0.626. The third kappa shape index (κ3) is 5.23. The third-order valence-corrected chi connectivity index (χ3v) is 3.88. The second-order valence-electron chi connectivity index (χ2n) is 4.72. The summed E-state index contributed by atoms with van der Waals surface area (Å²) >= 11 is 1.72. The summed E-state index contributed by atoms with van der Waals surface area (Å²) in [5.41, 5.74) is 0. The second kappa shape index (κ2) is 7.83. The van der Waals surface area contributed by atoms with Gasteiger partial charge in [0, 0.05) is 31.7 Å². The molecule has 1 aromatic carbocycles. The van der Waals surface area contributed by atoms with E-state index in [0.717, 1.165) is 29.4 Å². The summed E-state index contributed by atoms with van der Waals surface area (Å²) < 4.78 is 12.8. The maximum absolute atomic E-state index is 12.8. The van der Waals surface area contributed by atoms with Gasteiger partial charge in [0.25, 0.3) is 0 Å². The Morgan fingerprint density at radius 3 is 2.67 bits per heavy atom. The number of hydrogen-bond acceptors (Lipinski definition) is 5. The minimum Gasteiger partial charge on any atom is -0.363 e. The molecule has 0 unspecified atom stereocenters. The second-order valence-corrected chi connectivity index (χ2v) is 5.88. The summed E-state index contributed by atoms with van der Waals surface area (Å²) in [5.74, 6) is 2.30. The van der Waals surface area contributed by atoms with Crippen LogP contribution in [-0.4, -0.2) is 36.4 Å². The molecule has 0 bridgehead atoms. The van der Waals surface area contributed by atoms with Gasteiger partial charge in [-0.25, -0.2) is 9.37 Å². The molecule has 0 aliphatic rings. The molecule has 0 saturated carbocycles. The number of rotatable bonds is 7. The van der Waals surface area contributed by atoms with Gasteiger partial charge in [-0.3, -0.25) is 0 Å². The molecule has 2 rings (SSSR count). The van der Waals surface area contributed by atoms with Crippen LogP contribution in [0.1, 0.15) is 6.42 Å². The highest BCUT2D eigenvalue weighted by Crippen LogP contribution is 2.18. The molecule has 0 aliphatic carbocycles. The van der Waals surface area contributed by atoms with E-state index in [9.17, 15) is 4.39 Å². The lowest BCUT2D eigenvalue weighted by Crippen LogP contribution is -2.13. The van der Waals surface area contributed by atoms with E-state index in [1.165, 1.54) is 12.1 Å². The highest BCUT2D eigenvalue weighted by Gasteiger charge is 2.00. The van der Waals surface area contributed by atoms with E-state index in [2.05, 4.69) is 15.3 Å². The summed E-state index contributed by atoms with van der Waals surface area (Å²) in [6, 6.07) is 8.45. The van der Waals surface area contributed by atoms with Crippen LogP contribution in [0.5, 0.6) is 0 Å². The quantitative estimate of drug-likeness (QED) is 0.628. The molecule has 6 heteroatoms. The minimum absolute atomic E-state index is 0.195. The predicted molar refractivity (Wildman–Crippen MR) is 86.6 cm³/mol. The molecule has 0 radical (unpaired) electrons. The molecule has 1 heterocycles. The number of nitrogens with one attached hydrogen (secondary N) is 1. The zero-order valence-corrected chi connectivity index (χ0v) is 13.0. The number of benzene rings is 1. The molecule has 112 valence electrons. The number of thioether (sulfide) groups is 1. The van der Waals surface area contributed by atoms with Crippen molar-refractivity contribution in [2.24, 2.45) is 0 Å². The molecular weight excluding hydrogens is 287 g/mol. The van der Waals surface area contributed by atoms with Gasteiger partial charge in [0.1, 0.15) is 11.6 Å². The first-order valence-electron chi connectivity index (χ1n) is 6.78. The monoisotopic (exact) mass is 306 g/mol. The van der Waals surface area contributed by atoms with E-state index in [-0.39, 0.29) is 5.82 Å². The molecule has 4 nitrogen and oxygen atoms in total. The summed E-state index contributed by atoms with van der Waals surface area (Å²) in [5, 5.41) is 3.21. The summed E-state index contributed by atoms with van der Waals surface area (Å²) in [6.07, 6.45) is 2.73. The smallest absolute Gasteiger partial charge is 0.224 e. The number of halogens is 1. The molecular formula is C15H19FN4S. The third-order valence-electron chi connectivity index (χ3n) is 2.79. The van der Waals surface area contributed by atoms with E-state index in [4.69, 9.17) is 0 Å². The Kier molecular flexibility index (Phi) is 5.80. The topological polar surface area (TPSA) is 41.1 Å². The first-order chi connectivity index (χ1) is 10.1. The maximum atomic E-state index is 12.8. The van der Waals surface area contributed by atoms with Crippen LogP contribution in [0, 0.1) is 5.82 Å². The van der Waals surface area contributed by atoms with Gasteiger partial charge in [-0.1, -0.05) is 0 Å². The van der Waals surface area contributed by atoms with Crippen molar-refractivity contribution in [1.82, 2.24) is 9.97 Å². The SMILES string of the molecule is CN(C)c1ccnc(NCCCSc2ccc(F)cc2)n1. The lowest BCUT2D eigenvalue weighted by atomic mass is 10.4. The fourth-order valence-electron chi connectivity index (χ4n) is 1.68. The van der Waals surface area contributed by atoms with Crippen LogP contribution in [0.25, 0.3) is 0 Å². The van der Waals surface area contributed by atoms with E-state index >= 15 is 0 Å². The van der Waals surface area contributed by atoms with E-state index < -0.39 is 0 Å². The summed E-state index contributed by atoms with van der Waals surface area (Å²) in [6.45, 7) is 0.811. The van der Waals surface area contributed by atoms with Gasteiger partial charge in [-0.15, -0.1) is 11.8 Å². The maximum Gasteiger partial charge on any atom is 0.224 e. The van der Waals surface area contributed by atoms with E-state index in [1.54, 1.807) is 30.1 Å². The van der Waals surface area contributed by atoms with E-state index in [0.29, 0.717) is 5.95 Å². The first kappa shape index (κ1) is 15.6. The van der Waals surface area contributed by atoms with Gasteiger partial charge in [0.15, 0.2) is 0 Å². The van der Waals surface area contributed by atoms with Crippen molar-refractivity contribution in [2.75, 3.05) is 36.6 Å². The fourth-order valence-corrected chi connectivity index (χ4v) is 2.53. The molecule has 0 spiro atoms. The zero-order chi connectivity index (χ0) is 15.1. The Hall–Kier alpha value is -1.82. The molecule has 1 aromatic heterocycles. The van der Waals surface area contributed by atoms with Gasteiger partial charge in [-0.05, 0) is 42.5 Å². The van der Waals surface area contributed by atoms with Crippen molar-refractivity contribution in [3.63, 3.8) is 0 Å². The van der Waals surface area contributed by atoms with Crippen LogP contribution in [-0.2, 0) is 0 Å². The average Bonchev–Trinajstić information content (AvgIpc) is 2.49. The van der Waals surface area contributed by atoms with Crippen LogP contribution in [0.3, 0.4) is 0 Å². The Morgan fingerprint density at radius 1 is 1.19 bits per heavy atom. The van der Waals surface area contributed by atoms with Gasteiger partial charge in [0.05, 0.1) is 0 Å². The van der Waals surface area contributed by atoms with Gasteiger partial charge >= 0.3 is 0 Å². The Bertz CT molecular complexity index is 560. The number of nitrogens with zero attached hydrogens (tertiary/aromatic N) is 3. The highest BCUT2D eigenvalue weighted by molar-refractivity contribution is 7.99. The molecule has 0 fully saturated rings. The molecule has 0 aliphatic heterocycles. The zero-order valence-electron chi connectivity index (χ0n) is 12.2. The number of anilines is 2. The van der Waals surface area contributed by atoms with Crippen LogP contribution >= 0.6 is 11.8 Å². The van der Waals surface area contributed by atoms with Crippen LogP contribution in [0.15, 0.2) is 41.4 Å². The molecule has 0 atom stereocenters. The average molecular weight is 306 g/mol. The van der Waals surface area contributed by atoms with Crippen molar-refractivity contribution in [3.05, 3.63) is 42.3 Å². The largest absolute Gasteiger partial charge is 0.363 e. The van der Waals surface area contributed by atoms with Crippen molar-refractivity contribution in [1.29, 1.82) is 0 Å². The molecule has 1 N–H and O–H groups in total. The molecule has 0 saturated heterocycles. The van der Waals surface area contributed by atoms with Crippen molar-refractivity contribution < 1.29 is 4.39 Å². The standard InChI is InChI=1S/C15H19FN4S/c1-20(2)14-8-10-18-15(19-14)17-9-3-11-21-13-6-4-12(16)5-7-13/h4-8,10H,3,9,11H2,1-2H3,(H,17,18,19). The Morgan fingerprint density at radius 2 is 1.95 bits per heavy atom. The minimum atomic E-state index is -0.195. The van der Waals surface area contributed by atoms with Crippen molar-refractivity contribution in [2.45, 2.75) is 11.3 Å². The van der Waals surface area contributed by atoms with Crippen molar-refractivity contribution in [3.8, 4) is 0 Å². The fraction of sp³-hybridized carbons (Fsp3) is 0.333. The summed E-state index contributed by atoms with van der Waals surface area (Å²) in [7, 11) is 3.90. The first-order valence-corrected chi connectivity index (χ1v) is 7.76. The number of aromatic nitrogens is 2. The lowest BCUT2D eigenvalue weighted by Gasteiger charge is -2.12. The number of hydrogen-bond donors (Lipinski definition) is 1. The Balaban J connectivity index is 1.70. The molecule has 21 heavy (non-hydrogen) atoms. The molecule has 0 amide bonds. The normalized spacial score (nSPS) is 10.4. The van der Waals surface area contributed by atoms with Crippen LogP contribution in [0.4, 0.5) is 16.2 Å². The van der Waals surface area contributed by atoms with Gasteiger partial charge in [-0.2, -0.15) is 4.98 Å². The van der Waals surface area contributed by atoms with Gasteiger partial charge < -0.3 is 10.2 Å². The van der Waals surface area contributed by atoms with Gasteiger partial charge in [0.2, 0.25) is 5.95 Å². The Labute approximate surface area is 128 Å².